The van der Waals surface area contributed by atoms with E-state index < -0.39 is 15.4 Å². The molecule has 1 fully saturated rings. The zero-order valence-corrected chi connectivity index (χ0v) is 6.76. The molecule has 1 rings (SSSR count). The number of hydrogen-bond acceptors (Lipinski definition) is 2. The zero-order chi connectivity index (χ0) is 7.78. The van der Waals surface area contributed by atoms with Crippen LogP contribution in [0.15, 0.2) is 0 Å². The molecule has 10 heavy (non-hydrogen) atoms. The van der Waals surface area contributed by atoms with Gasteiger partial charge in [-0.3, -0.25) is 4.55 Å². The Morgan fingerprint density at radius 2 is 2.00 bits per heavy atom. The van der Waals surface area contributed by atoms with Gasteiger partial charge in [0, 0.05) is 0 Å². The van der Waals surface area contributed by atoms with Gasteiger partial charge in [0.25, 0.3) is 10.1 Å². The van der Waals surface area contributed by atoms with Gasteiger partial charge in [-0.2, -0.15) is 8.42 Å². The van der Waals surface area contributed by atoms with Gasteiger partial charge in [-0.1, -0.05) is 13.3 Å². The Labute approximate surface area is 61.2 Å². The van der Waals surface area contributed by atoms with Crippen molar-refractivity contribution in [1.82, 2.24) is 0 Å². The van der Waals surface area contributed by atoms with Crippen LogP contribution in [0.25, 0.3) is 0 Å². The van der Waals surface area contributed by atoms with Gasteiger partial charge in [0.05, 0.1) is 5.25 Å². The first-order valence-corrected chi connectivity index (χ1v) is 4.98. The van der Waals surface area contributed by atoms with Gasteiger partial charge < -0.3 is 0 Å². The summed E-state index contributed by atoms with van der Waals surface area (Å²) in [6.45, 7) is 1.87. The smallest absolute Gasteiger partial charge is 0.268 e. The van der Waals surface area contributed by atoms with E-state index in [1.165, 1.54) is 0 Å². The van der Waals surface area contributed by atoms with E-state index in [2.05, 4.69) is 0 Å². The highest BCUT2D eigenvalue weighted by Gasteiger charge is 2.32. The topological polar surface area (TPSA) is 54.4 Å². The molecule has 1 saturated carbocycles. The molecule has 2 atom stereocenters. The minimum Gasteiger partial charge on any atom is -0.285 e. The summed E-state index contributed by atoms with van der Waals surface area (Å²) in [6.07, 6.45) is 2.47. The molecule has 1 aliphatic carbocycles. The molecule has 1 aliphatic rings. The van der Waals surface area contributed by atoms with E-state index in [4.69, 9.17) is 4.55 Å². The van der Waals surface area contributed by atoms with Gasteiger partial charge in [-0.15, -0.1) is 0 Å². The monoisotopic (exact) mass is 164 g/mol. The second kappa shape index (κ2) is 2.51. The molecule has 60 valence electrons. The average Bonchev–Trinajstić information content (AvgIpc) is 2.11. The van der Waals surface area contributed by atoms with Crippen molar-refractivity contribution < 1.29 is 13.0 Å². The third-order valence-electron chi connectivity index (χ3n) is 2.17. The summed E-state index contributed by atoms with van der Waals surface area (Å²) >= 11 is 0. The molecule has 4 heteroatoms. The fraction of sp³-hybridized carbons (Fsp3) is 1.00. The van der Waals surface area contributed by atoms with Gasteiger partial charge in [-0.05, 0) is 18.8 Å². The summed E-state index contributed by atoms with van der Waals surface area (Å²) in [6, 6.07) is 0. The summed E-state index contributed by atoms with van der Waals surface area (Å²) in [4.78, 5) is 0. The lowest BCUT2D eigenvalue weighted by atomic mass is 10.1. The van der Waals surface area contributed by atoms with Crippen molar-refractivity contribution in [3.05, 3.63) is 0 Å². The first kappa shape index (κ1) is 8.01. The van der Waals surface area contributed by atoms with Crippen LogP contribution in [-0.4, -0.2) is 18.2 Å². The van der Waals surface area contributed by atoms with E-state index in [0.29, 0.717) is 6.42 Å². The molecule has 0 aromatic carbocycles. The van der Waals surface area contributed by atoms with Crippen molar-refractivity contribution >= 4 is 10.1 Å². The Balaban J connectivity index is 2.74. The van der Waals surface area contributed by atoms with Crippen molar-refractivity contribution in [2.75, 3.05) is 0 Å². The fourth-order valence-corrected chi connectivity index (χ4v) is 2.74. The molecule has 1 N–H and O–H groups in total. The second-order valence-corrected chi connectivity index (χ2v) is 4.60. The molecule has 0 amide bonds. The van der Waals surface area contributed by atoms with Crippen LogP contribution in [0.4, 0.5) is 0 Å². The molecule has 0 heterocycles. The van der Waals surface area contributed by atoms with Crippen LogP contribution in [0.3, 0.4) is 0 Å². The molecule has 3 nitrogen and oxygen atoms in total. The molecule has 0 spiro atoms. The first-order valence-electron chi connectivity index (χ1n) is 3.48. The molecule has 0 bridgehead atoms. The van der Waals surface area contributed by atoms with Crippen molar-refractivity contribution in [3.63, 3.8) is 0 Å². The number of hydrogen-bond donors (Lipinski definition) is 1. The average molecular weight is 164 g/mol. The zero-order valence-electron chi connectivity index (χ0n) is 5.95. The maximum Gasteiger partial charge on any atom is 0.268 e. The van der Waals surface area contributed by atoms with Gasteiger partial charge in [-0.25, -0.2) is 0 Å². The van der Waals surface area contributed by atoms with Crippen LogP contribution in [-0.2, 0) is 10.1 Å². The predicted octanol–water partition coefficient (Wildman–Crippen LogP) is 1.06. The minimum absolute atomic E-state index is 0.134. The van der Waals surface area contributed by atoms with Crippen LogP contribution >= 0.6 is 0 Å². The maximum atomic E-state index is 10.6. The Hall–Kier alpha value is -0.0900. The predicted molar refractivity (Wildman–Crippen MR) is 38.4 cm³/mol. The van der Waals surface area contributed by atoms with Gasteiger partial charge in [0.15, 0.2) is 0 Å². The third kappa shape index (κ3) is 1.49. The molecular formula is C6H12O3S. The molecular weight excluding hydrogens is 152 g/mol. The van der Waals surface area contributed by atoms with E-state index in [1.807, 2.05) is 6.92 Å². The molecule has 2 unspecified atom stereocenters. The standard InChI is InChI=1S/C6H12O3S/c1-5-3-2-4-6(5)10(7,8)9/h5-6H,2-4H2,1H3,(H,7,8,9). The fourth-order valence-electron chi connectivity index (χ4n) is 1.55. The highest BCUT2D eigenvalue weighted by Crippen LogP contribution is 2.29. The second-order valence-electron chi connectivity index (χ2n) is 2.96. The maximum absolute atomic E-state index is 10.6. The Morgan fingerprint density at radius 3 is 2.20 bits per heavy atom. The Morgan fingerprint density at radius 1 is 1.40 bits per heavy atom. The van der Waals surface area contributed by atoms with Crippen LogP contribution in [0.1, 0.15) is 26.2 Å². The highest BCUT2D eigenvalue weighted by molar-refractivity contribution is 7.86. The minimum atomic E-state index is -3.75. The molecule has 0 aliphatic heterocycles. The van der Waals surface area contributed by atoms with Crippen molar-refractivity contribution in [2.45, 2.75) is 31.4 Å². The summed E-state index contributed by atoms with van der Waals surface area (Å²) in [5, 5.41) is -0.493. The lowest BCUT2D eigenvalue weighted by Gasteiger charge is -2.09. The van der Waals surface area contributed by atoms with E-state index >= 15 is 0 Å². The van der Waals surface area contributed by atoms with E-state index in [0.717, 1.165) is 12.8 Å². The summed E-state index contributed by atoms with van der Waals surface area (Å²) in [7, 11) is -3.75. The van der Waals surface area contributed by atoms with Gasteiger partial charge >= 0.3 is 0 Å². The van der Waals surface area contributed by atoms with Crippen LogP contribution in [0, 0.1) is 5.92 Å². The first-order chi connectivity index (χ1) is 4.52. The van der Waals surface area contributed by atoms with E-state index in [9.17, 15) is 8.42 Å². The van der Waals surface area contributed by atoms with E-state index in [1.54, 1.807) is 0 Å². The lowest BCUT2D eigenvalue weighted by molar-refractivity contribution is 0.449. The summed E-state index contributed by atoms with van der Waals surface area (Å²) < 4.78 is 29.9. The lowest BCUT2D eigenvalue weighted by Crippen LogP contribution is -2.22. The SMILES string of the molecule is CC1CCCC1S(=O)(=O)O. The van der Waals surface area contributed by atoms with Crippen molar-refractivity contribution in [1.29, 1.82) is 0 Å². The molecule has 0 aromatic rings. The van der Waals surface area contributed by atoms with E-state index in [-0.39, 0.29) is 5.92 Å². The van der Waals surface area contributed by atoms with Crippen LogP contribution in [0.5, 0.6) is 0 Å². The largest absolute Gasteiger partial charge is 0.285 e. The summed E-state index contributed by atoms with van der Waals surface area (Å²) in [5.74, 6) is 0.134. The Bertz CT molecular complexity index is 207. The van der Waals surface area contributed by atoms with Crippen LogP contribution in [0.2, 0.25) is 0 Å². The highest BCUT2D eigenvalue weighted by atomic mass is 32.2. The quantitative estimate of drug-likeness (QED) is 0.590. The Kier molecular flexibility index (Phi) is 2.01. The third-order valence-corrected chi connectivity index (χ3v) is 3.63. The van der Waals surface area contributed by atoms with Crippen molar-refractivity contribution in [3.8, 4) is 0 Å². The normalized spacial score (nSPS) is 34.6. The number of rotatable bonds is 1. The van der Waals surface area contributed by atoms with Gasteiger partial charge in [0.2, 0.25) is 0 Å². The van der Waals surface area contributed by atoms with Gasteiger partial charge in [0.1, 0.15) is 0 Å². The molecule has 0 aromatic heterocycles. The molecule has 0 saturated heterocycles. The van der Waals surface area contributed by atoms with Crippen LogP contribution < -0.4 is 0 Å². The van der Waals surface area contributed by atoms with Crippen molar-refractivity contribution in [2.24, 2.45) is 5.92 Å². The summed E-state index contributed by atoms with van der Waals surface area (Å²) in [5.41, 5.74) is 0. The molecule has 0 radical (unpaired) electrons.